The lowest BCUT2D eigenvalue weighted by molar-refractivity contribution is -0.167. The van der Waals surface area contributed by atoms with Gasteiger partial charge in [-0.15, -0.1) is 0 Å². The van der Waals surface area contributed by atoms with Gasteiger partial charge >= 0.3 is 17.9 Å². The summed E-state index contributed by atoms with van der Waals surface area (Å²) in [5, 5.41) is 0. The van der Waals surface area contributed by atoms with E-state index in [4.69, 9.17) is 14.2 Å². The highest BCUT2D eigenvalue weighted by molar-refractivity contribution is 5.71. The first kappa shape index (κ1) is 77.3. The maximum absolute atomic E-state index is 13.0. The monoisotopic (exact) mass is 1130 g/mol. The lowest BCUT2D eigenvalue weighted by Crippen LogP contribution is -2.30. The Kier molecular flexibility index (Phi) is 64.8. The fraction of sp³-hybridized carbons (Fsp3) is 0.645. The van der Waals surface area contributed by atoms with Crippen LogP contribution in [0.25, 0.3) is 0 Å². The van der Waals surface area contributed by atoms with Crippen LogP contribution in [0.4, 0.5) is 0 Å². The molecule has 6 heteroatoms. The van der Waals surface area contributed by atoms with Crippen LogP contribution in [0.3, 0.4) is 0 Å². The number of hydrogen-bond acceptors (Lipinski definition) is 6. The fourth-order valence-corrected chi connectivity index (χ4v) is 9.00. The van der Waals surface area contributed by atoms with Gasteiger partial charge in [0.15, 0.2) is 6.10 Å². The summed E-state index contributed by atoms with van der Waals surface area (Å²) >= 11 is 0. The molecular formula is C76H124O6. The van der Waals surface area contributed by atoms with Crippen molar-refractivity contribution >= 4 is 17.9 Å². The number of unbranched alkanes of at least 4 members (excludes halogenated alkanes) is 25. The molecule has 0 N–H and O–H groups in total. The minimum absolute atomic E-state index is 0.108. The summed E-state index contributed by atoms with van der Waals surface area (Å²) in [6, 6.07) is 0. The zero-order valence-corrected chi connectivity index (χ0v) is 53.2. The molecule has 0 saturated carbocycles. The van der Waals surface area contributed by atoms with E-state index in [2.05, 4.69) is 167 Å². The van der Waals surface area contributed by atoms with Crippen molar-refractivity contribution < 1.29 is 28.6 Å². The van der Waals surface area contributed by atoms with Gasteiger partial charge in [-0.2, -0.15) is 0 Å². The average Bonchev–Trinajstić information content (AvgIpc) is 3.47. The lowest BCUT2D eigenvalue weighted by Gasteiger charge is -2.18. The Balaban J connectivity index is 4.53. The molecule has 0 saturated heterocycles. The molecule has 0 aliphatic carbocycles. The van der Waals surface area contributed by atoms with Crippen molar-refractivity contribution in [3.05, 3.63) is 146 Å². The van der Waals surface area contributed by atoms with E-state index in [1.54, 1.807) is 0 Å². The SMILES string of the molecule is CC/C=C\C/C=C\C/C=C\C/C=C\C/C=C\C/C=C\C/C=C\CCCC(=O)OCC(COC(=O)CCCCCCCCC/C=C\C/C=C\CCCCCC)OC(=O)CCCCCCCCCC/C=C\C/C=C\C/C=C\CCCCCCC. The molecule has 82 heavy (non-hydrogen) atoms. The van der Waals surface area contributed by atoms with Gasteiger partial charge in [0.25, 0.3) is 0 Å². The third-order valence-electron chi connectivity index (χ3n) is 14.0. The Hall–Kier alpha value is -4.71. The standard InChI is InChI=1S/C76H124O6/c1-4-7-10-13-16-19-22-25-28-31-34-36-38-40-42-45-48-51-54-57-60-63-66-69-75(78)81-72-73(71-80-74(77)68-65-62-59-56-53-50-47-44-33-30-27-24-21-18-15-12-9-6-3)82-76(79)70-67-64-61-58-55-52-49-46-43-41-39-37-35-32-29-26-23-20-17-14-11-8-5-2/h7,10,16,19,21,23-26,28,30,32-36,39-42,48,51,57,60,73H,4-6,8-9,11-15,17-18,20,22,27,29,31,37-38,43-47,49-50,52-56,58-59,61-72H2,1-3H3/b10-7-,19-16-,24-21-,26-23-,28-25-,33-30-,35-32-,36-34-,41-39-,42-40-,51-48-,60-57-. The Labute approximate surface area is 506 Å². The minimum Gasteiger partial charge on any atom is -0.462 e. The summed E-state index contributed by atoms with van der Waals surface area (Å²) in [6.45, 7) is 6.45. The van der Waals surface area contributed by atoms with Gasteiger partial charge in [-0.25, -0.2) is 0 Å². The van der Waals surface area contributed by atoms with E-state index in [-0.39, 0.29) is 37.5 Å². The van der Waals surface area contributed by atoms with Crippen molar-refractivity contribution in [2.45, 2.75) is 303 Å². The van der Waals surface area contributed by atoms with Gasteiger partial charge in [0.2, 0.25) is 0 Å². The highest BCUT2D eigenvalue weighted by Gasteiger charge is 2.19. The van der Waals surface area contributed by atoms with Gasteiger partial charge in [0.1, 0.15) is 13.2 Å². The van der Waals surface area contributed by atoms with Gasteiger partial charge in [-0.05, 0) is 141 Å². The van der Waals surface area contributed by atoms with Crippen LogP contribution in [0.2, 0.25) is 0 Å². The Bertz CT molecular complexity index is 1780. The molecule has 0 aromatic carbocycles. The number of ether oxygens (including phenoxy) is 3. The molecule has 1 atom stereocenters. The Morgan fingerprint density at radius 3 is 0.805 bits per heavy atom. The van der Waals surface area contributed by atoms with Gasteiger partial charge in [0, 0.05) is 19.3 Å². The van der Waals surface area contributed by atoms with E-state index in [9.17, 15) is 14.4 Å². The van der Waals surface area contributed by atoms with E-state index in [1.165, 1.54) is 128 Å². The predicted molar refractivity (Wildman–Crippen MR) is 357 cm³/mol. The maximum Gasteiger partial charge on any atom is 0.306 e. The van der Waals surface area contributed by atoms with E-state index < -0.39 is 6.10 Å². The molecule has 0 amide bonds. The van der Waals surface area contributed by atoms with E-state index in [0.717, 1.165) is 122 Å². The molecule has 0 bridgehead atoms. The van der Waals surface area contributed by atoms with Gasteiger partial charge in [-0.3, -0.25) is 14.4 Å². The normalized spacial score (nSPS) is 13.1. The fourth-order valence-electron chi connectivity index (χ4n) is 9.00. The third kappa shape index (κ3) is 66.1. The van der Waals surface area contributed by atoms with Crippen LogP contribution in [0, 0.1) is 0 Å². The van der Waals surface area contributed by atoms with Crippen LogP contribution in [0.15, 0.2) is 146 Å². The number of carbonyl (C=O) groups is 3. The molecule has 0 aromatic heterocycles. The highest BCUT2D eigenvalue weighted by atomic mass is 16.6. The van der Waals surface area contributed by atoms with Crippen molar-refractivity contribution in [3.63, 3.8) is 0 Å². The Morgan fingerprint density at radius 1 is 0.256 bits per heavy atom. The van der Waals surface area contributed by atoms with Crippen LogP contribution < -0.4 is 0 Å². The van der Waals surface area contributed by atoms with Crippen molar-refractivity contribution in [2.24, 2.45) is 0 Å². The summed E-state index contributed by atoms with van der Waals surface area (Å²) in [6.07, 6.45) is 98.5. The number of hydrogen-bond donors (Lipinski definition) is 0. The molecular weight excluding hydrogens is 1010 g/mol. The summed E-state index contributed by atoms with van der Waals surface area (Å²) in [5.74, 6) is -0.982. The predicted octanol–water partition coefficient (Wildman–Crippen LogP) is 23.5. The van der Waals surface area contributed by atoms with Crippen LogP contribution in [-0.4, -0.2) is 37.2 Å². The molecule has 0 heterocycles. The molecule has 0 rings (SSSR count). The van der Waals surface area contributed by atoms with Crippen molar-refractivity contribution in [2.75, 3.05) is 13.2 Å². The van der Waals surface area contributed by atoms with E-state index >= 15 is 0 Å². The van der Waals surface area contributed by atoms with Crippen LogP contribution in [0.1, 0.15) is 297 Å². The smallest absolute Gasteiger partial charge is 0.306 e. The van der Waals surface area contributed by atoms with Gasteiger partial charge in [0.05, 0.1) is 0 Å². The zero-order valence-electron chi connectivity index (χ0n) is 53.2. The first-order chi connectivity index (χ1) is 40.5. The molecule has 0 aliphatic rings. The maximum atomic E-state index is 13.0. The summed E-state index contributed by atoms with van der Waals surface area (Å²) in [4.78, 5) is 38.4. The first-order valence-electron chi connectivity index (χ1n) is 33.8. The van der Waals surface area contributed by atoms with Gasteiger partial charge < -0.3 is 14.2 Å². The van der Waals surface area contributed by atoms with E-state index in [0.29, 0.717) is 19.3 Å². The van der Waals surface area contributed by atoms with Crippen molar-refractivity contribution in [1.29, 1.82) is 0 Å². The molecule has 0 spiro atoms. The Morgan fingerprint density at radius 2 is 0.488 bits per heavy atom. The molecule has 0 fully saturated rings. The molecule has 0 radical (unpaired) electrons. The third-order valence-corrected chi connectivity index (χ3v) is 14.0. The number of allylic oxidation sites excluding steroid dienone is 24. The largest absolute Gasteiger partial charge is 0.462 e. The highest BCUT2D eigenvalue weighted by Crippen LogP contribution is 2.15. The number of esters is 3. The number of rotatable bonds is 60. The van der Waals surface area contributed by atoms with Crippen LogP contribution >= 0.6 is 0 Å². The second-order valence-corrected chi connectivity index (χ2v) is 22.0. The summed E-state index contributed by atoms with van der Waals surface area (Å²) in [7, 11) is 0. The molecule has 1 unspecified atom stereocenters. The van der Waals surface area contributed by atoms with E-state index in [1.807, 2.05) is 0 Å². The van der Waals surface area contributed by atoms with Crippen LogP contribution in [-0.2, 0) is 28.6 Å². The first-order valence-corrected chi connectivity index (χ1v) is 33.8. The van der Waals surface area contributed by atoms with Crippen LogP contribution in [0.5, 0.6) is 0 Å². The second-order valence-electron chi connectivity index (χ2n) is 22.0. The number of carbonyl (C=O) groups excluding carboxylic acids is 3. The zero-order chi connectivity index (χ0) is 59.2. The van der Waals surface area contributed by atoms with Crippen molar-refractivity contribution in [3.8, 4) is 0 Å². The summed E-state index contributed by atoms with van der Waals surface area (Å²) in [5.41, 5.74) is 0. The van der Waals surface area contributed by atoms with Crippen molar-refractivity contribution in [1.82, 2.24) is 0 Å². The molecule has 6 nitrogen and oxygen atoms in total. The lowest BCUT2D eigenvalue weighted by atomic mass is 10.1. The molecule has 0 aromatic rings. The summed E-state index contributed by atoms with van der Waals surface area (Å²) < 4.78 is 16.9. The quantitative estimate of drug-likeness (QED) is 0.0261. The topological polar surface area (TPSA) is 78.9 Å². The van der Waals surface area contributed by atoms with Gasteiger partial charge in [-0.1, -0.05) is 282 Å². The minimum atomic E-state index is -0.818. The molecule has 464 valence electrons. The molecule has 0 aliphatic heterocycles. The average molecular weight is 1130 g/mol. The second kappa shape index (κ2) is 68.8.